The summed E-state index contributed by atoms with van der Waals surface area (Å²) in [4.78, 5) is 7.33. The van der Waals surface area contributed by atoms with E-state index in [1.165, 1.54) is 50.9 Å². The molecule has 5 heteroatoms. The van der Waals surface area contributed by atoms with E-state index in [1.54, 1.807) is 12.1 Å². The Kier molecular flexibility index (Phi) is 9.32. The lowest BCUT2D eigenvalue weighted by Crippen LogP contribution is -2.48. The zero-order valence-corrected chi connectivity index (χ0v) is 16.5. The Bertz CT molecular complexity index is 521. The zero-order chi connectivity index (χ0) is 18.6. The van der Waals surface area contributed by atoms with Gasteiger partial charge in [0.25, 0.3) is 0 Å². The number of aryl methyl sites for hydroxylation is 1. The van der Waals surface area contributed by atoms with Gasteiger partial charge in [-0.05, 0) is 63.3 Å². The van der Waals surface area contributed by atoms with Crippen LogP contribution in [-0.4, -0.2) is 54.7 Å². The first-order valence-corrected chi connectivity index (χ1v) is 10.3. The lowest BCUT2D eigenvalue weighted by molar-refractivity contribution is 0.203. The number of likely N-dealkylation sites (tertiary alicyclic amines) is 1. The average Bonchev–Trinajstić information content (AvgIpc) is 2.66. The van der Waals surface area contributed by atoms with Gasteiger partial charge in [-0.2, -0.15) is 0 Å². The van der Waals surface area contributed by atoms with Gasteiger partial charge in [0.05, 0.1) is 0 Å². The van der Waals surface area contributed by atoms with Gasteiger partial charge >= 0.3 is 0 Å². The minimum absolute atomic E-state index is 0.325. The predicted molar refractivity (Wildman–Crippen MR) is 110 cm³/mol. The summed E-state index contributed by atoms with van der Waals surface area (Å²) in [5, 5.41) is 16.3. The van der Waals surface area contributed by atoms with E-state index in [0.717, 1.165) is 31.9 Å². The Balaban J connectivity index is 1.71. The number of phenolic OH excluding ortho intramolecular Hbond substituents is 1. The van der Waals surface area contributed by atoms with Crippen LogP contribution in [0.1, 0.15) is 51.5 Å². The summed E-state index contributed by atoms with van der Waals surface area (Å²) >= 11 is 0. The molecule has 0 amide bonds. The molecule has 0 bridgehead atoms. The number of nitrogens with zero attached hydrogens (tertiary/aromatic N) is 2. The number of nitrogens with one attached hydrogen (secondary N) is 2. The maximum absolute atomic E-state index is 9.33. The van der Waals surface area contributed by atoms with Crippen molar-refractivity contribution in [1.29, 1.82) is 0 Å². The van der Waals surface area contributed by atoms with E-state index in [4.69, 9.17) is 4.99 Å². The molecule has 0 spiro atoms. The first-order chi connectivity index (χ1) is 12.7. The van der Waals surface area contributed by atoms with Crippen molar-refractivity contribution in [3.8, 4) is 5.75 Å². The molecule has 0 saturated carbocycles. The molecule has 1 aliphatic heterocycles. The van der Waals surface area contributed by atoms with Crippen LogP contribution >= 0.6 is 0 Å². The summed E-state index contributed by atoms with van der Waals surface area (Å²) in [7, 11) is 0. The minimum atomic E-state index is 0.325. The monoisotopic (exact) mass is 360 g/mol. The van der Waals surface area contributed by atoms with Crippen LogP contribution in [0.3, 0.4) is 0 Å². The maximum Gasteiger partial charge on any atom is 0.191 e. The number of hydrogen-bond donors (Lipinski definition) is 3. The van der Waals surface area contributed by atoms with Crippen molar-refractivity contribution >= 4 is 5.96 Å². The van der Waals surface area contributed by atoms with Crippen molar-refractivity contribution < 1.29 is 5.11 Å². The van der Waals surface area contributed by atoms with E-state index >= 15 is 0 Å². The smallest absolute Gasteiger partial charge is 0.191 e. The summed E-state index contributed by atoms with van der Waals surface area (Å²) < 4.78 is 0. The van der Waals surface area contributed by atoms with Crippen LogP contribution in [0.2, 0.25) is 0 Å². The van der Waals surface area contributed by atoms with Crippen LogP contribution in [0.4, 0.5) is 0 Å². The van der Waals surface area contributed by atoms with E-state index in [0.29, 0.717) is 11.8 Å². The summed E-state index contributed by atoms with van der Waals surface area (Å²) in [5.74, 6) is 1.27. The topological polar surface area (TPSA) is 59.9 Å². The molecule has 0 radical (unpaired) electrons. The van der Waals surface area contributed by atoms with Crippen molar-refractivity contribution in [3.05, 3.63) is 29.8 Å². The number of phenols is 1. The van der Waals surface area contributed by atoms with Crippen LogP contribution in [-0.2, 0) is 6.42 Å². The molecule has 1 fully saturated rings. The molecular weight excluding hydrogens is 324 g/mol. The predicted octanol–water partition coefficient (Wildman–Crippen LogP) is 3.14. The molecule has 1 aliphatic rings. The number of unbranched alkanes of at least 4 members (excludes halogenated alkanes) is 1. The van der Waals surface area contributed by atoms with Gasteiger partial charge in [-0.15, -0.1) is 0 Å². The quantitative estimate of drug-likeness (QED) is 0.360. The molecule has 146 valence electrons. The average molecular weight is 361 g/mol. The fourth-order valence-corrected chi connectivity index (χ4v) is 3.33. The van der Waals surface area contributed by atoms with E-state index in [-0.39, 0.29) is 0 Å². The number of hydrogen-bond acceptors (Lipinski definition) is 3. The molecule has 1 aromatic carbocycles. The molecule has 1 aromatic rings. The van der Waals surface area contributed by atoms with Crippen LogP contribution < -0.4 is 10.6 Å². The van der Waals surface area contributed by atoms with Gasteiger partial charge in [0, 0.05) is 32.2 Å². The van der Waals surface area contributed by atoms with Crippen LogP contribution in [0.25, 0.3) is 0 Å². The third kappa shape index (κ3) is 7.65. The maximum atomic E-state index is 9.33. The van der Waals surface area contributed by atoms with Crippen molar-refractivity contribution in [3.63, 3.8) is 0 Å². The highest BCUT2D eigenvalue weighted by molar-refractivity contribution is 5.80. The van der Waals surface area contributed by atoms with Gasteiger partial charge in [0.1, 0.15) is 5.75 Å². The molecule has 0 atom stereocenters. The highest BCUT2D eigenvalue weighted by Gasteiger charge is 2.19. The van der Waals surface area contributed by atoms with Gasteiger partial charge in [-0.25, -0.2) is 0 Å². The third-order valence-electron chi connectivity index (χ3n) is 4.93. The molecular formula is C21H36N4O. The Morgan fingerprint density at radius 1 is 1.15 bits per heavy atom. The van der Waals surface area contributed by atoms with Gasteiger partial charge in [-0.1, -0.05) is 25.5 Å². The standard InChI is InChI=1S/C21H36N4O/c1-3-5-15-25-16-12-19(13-17-25)24-21(22-4-2)23-14-6-7-18-8-10-20(26)11-9-18/h8-11,19,26H,3-7,12-17H2,1-2H3,(H2,22,23,24). The number of piperidine rings is 1. The van der Waals surface area contributed by atoms with E-state index in [9.17, 15) is 5.11 Å². The largest absolute Gasteiger partial charge is 0.508 e. The zero-order valence-electron chi connectivity index (χ0n) is 16.5. The Morgan fingerprint density at radius 3 is 2.54 bits per heavy atom. The molecule has 1 saturated heterocycles. The molecule has 2 rings (SSSR count). The lowest BCUT2D eigenvalue weighted by atomic mass is 10.0. The molecule has 1 heterocycles. The number of rotatable bonds is 9. The summed E-state index contributed by atoms with van der Waals surface area (Å²) in [6, 6.07) is 7.99. The highest BCUT2D eigenvalue weighted by atomic mass is 16.3. The van der Waals surface area contributed by atoms with Crippen molar-refractivity contribution in [1.82, 2.24) is 15.5 Å². The van der Waals surface area contributed by atoms with Gasteiger partial charge in [-0.3, -0.25) is 4.99 Å². The van der Waals surface area contributed by atoms with E-state index in [1.807, 2.05) is 12.1 Å². The Hall–Kier alpha value is -1.75. The van der Waals surface area contributed by atoms with E-state index < -0.39 is 0 Å². The summed E-state index contributed by atoms with van der Waals surface area (Å²) in [5.41, 5.74) is 1.25. The molecule has 0 aliphatic carbocycles. The molecule has 26 heavy (non-hydrogen) atoms. The van der Waals surface area contributed by atoms with Crippen LogP contribution in [0.5, 0.6) is 5.75 Å². The molecule has 3 N–H and O–H groups in total. The number of benzene rings is 1. The first-order valence-electron chi connectivity index (χ1n) is 10.3. The fraction of sp³-hybridized carbons (Fsp3) is 0.667. The van der Waals surface area contributed by atoms with E-state index in [2.05, 4.69) is 29.4 Å². The number of guanidine groups is 1. The second kappa shape index (κ2) is 11.8. The lowest BCUT2D eigenvalue weighted by Gasteiger charge is -2.33. The minimum Gasteiger partial charge on any atom is -0.508 e. The van der Waals surface area contributed by atoms with Crippen LogP contribution in [0, 0.1) is 0 Å². The molecule has 0 aromatic heterocycles. The number of aromatic hydroxyl groups is 1. The highest BCUT2D eigenvalue weighted by Crippen LogP contribution is 2.12. The Labute approximate surface area is 158 Å². The van der Waals surface area contributed by atoms with Gasteiger partial charge in [0.2, 0.25) is 0 Å². The molecule has 5 nitrogen and oxygen atoms in total. The van der Waals surface area contributed by atoms with Crippen molar-refractivity contribution in [2.45, 2.75) is 58.4 Å². The SMILES string of the molecule is CCCCN1CCC(NC(=NCCCc2ccc(O)cc2)NCC)CC1. The second-order valence-electron chi connectivity index (χ2n) is 7.14. The normalized spacial score (nSPS) is 16.6. The van der Waals surface area contributed by atoms with Gasteiger partial charge in [0.15, 0.2) is 5.96 Å². The second-order valence-corrected chi connectivity index (χ2v) is 7.14. The first kappa shape index (κ1) is 20.6. The van der Waals surface area contributed by atoms with Crippen molar-refractivity contribution in [2.75, 3.05) is 32.7 Å². The summed E-state index contributed by atoms with van der Waals surface area (Å²) in [6.07, 6.45) is 6.97. The van der Waals surface area contributed by atoms with Crippen molar-refractivity contribution in [2.24, 2.45) is 4.99 Å². The third-order valence-corrected chi connectivity index (χ3v) is 4.93. The number of aliphatic imine (C=N–C) groups is 1. The summed E-state index contributed by atoms with van der Waals surface area (Å²) in [6.45, 7) is 9.70. The van der Waals surface area contributed by atoms with Crippen LogP contribution in [0.15, 0.2) is 29.3 Å². The molecule has 0 unspecified atom stereocenters. The fourth-order valence-electron chi connectivity index (χ4n) is 3.33. The Morgan fingerprint density at radius 2 is 1.88 bits per heavy atom. The van der Waals surface area contributed by atoms with Gasteiger partial charge < -0.3 is 20.6 Å².